The SMILES string of the molecule is CCCc1c(Cl)ncnc1Nc1ccc(Cl)cc1Br. The molecule has 0 atom stereocenters. The van der Waals surface area contributed by atoms with Gasteiger partial charge in [-0.2, -0.15) is 0 Å². The molecule has 2 aromatic rings. The Morgan fingerprint density at radius 3 is 2.74 bits per heavy atom. The second kappa shape index (κ2) is 6.55. The van der Waals surface area contributed by atoms with Gasteiger partial charge in [0.2, 0.25) is 0 Å². The van der Waals surface area contributed by atoms with Crippen molar-refractivity contribution in [1.82, 2.24) is 9.97 Å². The van der Waals surface area contributed by atoms with E-state index in [9.17, 15) is 0 Å². The Bertz CT molecular complexity index is 590. The van der Waals surface area contributed by atoms with E-state index in [1.54, 1.807) is 0 Å². The van der Waals surface area contributed by atoms with Crippen LogP contribution in [0.1, 0.15) is 18.9 Å². The average molecular weight is 361 g/mol. The van der Waals surface area contributed by atoms with Gasteiger partial charge >= 0.3 is 0 Å². The molecular weight excluding hydrogens is 349 g/mol. The molecule has 0 bridgehead atoms. The van der Waals surface area contributed by atoms with Gasteiger partial charge in [0.1, 0.15) is 17.3 Å². The van der Waals surface area contributed by atoms with Gasteiger partial charge in [0.05, 0.1) is 5.69 Å². The molecular formula is C13H12BrCl2N3. The first-order valence-electron chi connectivity index (χ1n) is 5.83. The van der Waals surface area contributed by atoms with Crippen molar-refractivity contribution in [2.45, 2.75) is 19.8 Å². The van der Waals surface area contributed by atoms with Gasteiger partial charge < -0.3 is 5.32 Å². The lowest BCUT2D eigenvalue weighted by atomic mass is 10.2. The quantitative estimate of drug-likeness (QED) is 0.757. The van der Waals surface area contributed by atoms with Gasteiger partial charge in [-0.05, 0) is 40.5 Å². The Kier molecular flexibility index (Phi) is 5.02. The number of nitrogens with one attached hydrogen (secondary N) is 1. The lowest BCUT2D eigenvalue weighted by Gasteiger charge is -2.12. The van der Waals surface area contributed by atoms with Crippen molar-refractivity contribution < 1.29 is 0 Å². The molecule has 0 fully saturated rings. The normalized spacial score (nSPS) is 10.5. The van der Waals surface area contributed by atoms with Crippen LogP contribution in [0, 0.1) is 0 Å². The van der Waals surface area contributed by atoms with E-state index in [2.05, 4.69) is 38.1 Å². The number of aromatic nitrogens is 2. The van der Waals surface area contributed by atoms with E-state index in [4.69, 9.17) is 23.2 Å². The van der Waals surface area contributed by atoms with Crippen molar-refractivity contribution in [2.75, 3.05) is 5.32 Å². The van der Waals surface area contributed by atoms with E-state index < -0.39 is 0 Å². The summed E-state index contributed by atoms with van der Waals surface area (Å²) >= 11 is 15.5. The Balaban J connectivity index is 2.35. The molecule has 0 unspecified atom stereocenters. The van der Waals surface area contributed by atoms with E-state index >= 15 is 0 Å². The van der Waals surface area contributed by atoms with Crippen molar-refractivity contribution in [3.05, 3.63) is 44.7 Å². The highest BCUT2D eigenvalue weighted by molar-refractivity contribution is 9.10. The molecule has 0 saturated heterocycles. The fraction of sp³-hybridized carbons (Fsp3) is 0.231. The van der Waals surface area contributed by atoms with Gasteiger partial charge in [-0.1, -0.05) is 36.5 Å². The Morgan fingerprint density at radius 1 is 1.26 bits per heavy atom. The highest BCUT2D eigenvalue weighted by Gasteiger charge is 2.10. The minimum Gasteiger partial charge on any atom is -0.339 e. The van der Waals surface area contributed by atoms with Crippen molar-refractivity contribution in [2.24, 2.45) is 0 Å². The van der Waals surface area contributed by atoms with Crippen LogP contribution in [0.2, 0.25) is 10.2 Å². The molecule has 0 aliphatic heterocycles. The molecule has 100 valence electrons. The van der Waals surface area contributed by atoms with Gasteiger partial charge in [0.15, 0.2) is 0 Å². The third-order valence-electron chi connectivity index (χ3n) is 2.58. The number of anilines is 2. The molecule has 1 aromatic carbocycles. The Hall–Kier alpha value is -0.840. The first-order valence-corrected chi connectivity index (χ1v) is 7.38. The monoisotopic (exact) mass is 359 g/mol. The van der Waals surface area contributed by atoms with Crippen molar-refractivity contribution in [1.29, 1.82) is 0 Å². The molecule has 6 heteroatoms. The average Bonchev–Trinajstić information content (AvgIpc) is 2.37. The summed E-state index contributed by atoms with van der Waals surface area (Å²) in [5.74, 6) is 0.727. The molecule has 3 nitrogen and oxygen atoms in total. The highest BCUT2D eigenvalue weighted by atomic mass is 79.9. The smallest absolute Gasteiger partial charge is 0.138 e. The molecule has 1 heterocycles. The molecule has 2 rings (SSSR count). The number of hydrogen-bond donors (Lipinski definition) is 1. The molecule has 0 saturated carbocycles. The highest BCUT2D eigenvalue weighted by Crippen LogP contribution is 2.30. The molecule has 0 radical (unpaired) electrons. The molecule has 19 heavy (non-hydrogen) atoms. The maximum Gasteiger partial charge on any atom is 0.138 e. The third kappa shape index (κ3) is 3.59. The maximum atomic E-state index is 6.12. The summed E-state index contributed by atoms with van der Waals surface area (Å²) in [5.41, 5.74) is 1.81. The topological polar surface area (TPSA) is 37.8 Å². The number of nitrogens with zero attached hydrogens (tertiary/aromatic N) is 2. The Labute approximate surface area is 130 Å². The van der Waals surface area contributed by atoms with Crippen molar-refractivity contribution >= 4 is 50.6 Å². The van der Waals surface area contributed by atoms with Gasteiger partial charge in [0.25, 0.3) is 0 Å². The van der Waals surface area contributed by atoms with E-state index in [1.807, 2.05) is 18.2 Å². The van der Waals surface area contributed by atoms with Crippen LogP contribution in [0.3, 0.4) is 0 Å². The van der Waals surface area contributed by atoms with Gasteiger partial charge in [-0.15, -0.1) is 0 Å². The summed E-state index contributed by atoms with van der Waals surface area (Å²) < 4.78 is 0.872. The van der Waals surface area contributed by atoms with E-state index in [-0.39, 0.29) is 0 Å². The predicted molar refractivity (Wildman–Crippen MR) is 83.5 cm³/mol. The zero-order chi connectivity index (χ0) is 13.8. The number of halogens is 3. The van der Waals surface area contributed by atoms with Crippen LogP contribution in [0.15, 0.2) is 29.0 Å². The molecule has 1 N–H and O–H groups in total. The first kappa shape index (κ1) is 14.6. The van der Waals surface area contributed by atoms with Crippen molar-refractivity contribution in [3.63, 3.8) is 0 Å². The van der Waals surface area contributed by atoms with Crippen LogP contribution in [0.25, 0.3) is 0 Å². The van der Waals surface area contributed by atoms with Crippen molar-refractivity contribution in [3.8, 4) is 0 Å². The van der Waals surface area contributed by atoms with E-state index in [1.165, 1.54) is 6.33 Å². The molecule has 0 amide bonds. The van der Waals surface area contributed by atoms with Gasteiger partial charge in [-0.3, -0.25) is 0 Å². The van der Waals surface area contributed by atoms with Crippen LogP contribution in [0.5, 0.6) is 0 Å². The maximum absolute atomic E-state index is 6.12. The van der Waals surface area contributed by atoms with E-state index in [0.717, 1.165) is 34.4 Å². The molecule has 0 aliphatic rings. The number of hydrogen-bond acceptors (Lipinski definition) is 3. The van der Waals surface area contributed by atoms with E-state index in [0.29, 0.717) is 10.2 Å². The zero-order valence-electron chi connectivity index (χ0n) is 10.3. The number of benzene rings is 1. The summed E-state index contributed by atoms with van der Waals surface area (Å²) in [4.78, 5) is 8.27. The summed E-state index contributed by atoms with van der Waals surface area (Å²) in [5, 5.41) is 4.42. The molecule has 1 aromatic heterocycles. The standard InChI is InChI=1S/C13H12BrCl2N3/c1-2-3-9-12(16)17-7-18-13(9)19-11-5-4-8(15)6-10(11)14/h4-7H,2-3H2,1H3,(H,17,18,19). The third-order valence-corrected chi connectivity index (χ3v) is 3.79. The van der Waals surface area contributed by atoms with Crippen LogP contribution >= 0.6 is 39.1 Å². The van der Waals surface area contributed by atoms with Crippen LogP contribution < -0.4 is 5.32 Å². The fourth-order valence-corrected chi connectivity index (χ4v) is 2.70. The predicted octanol–water partition coefficient (Wildman–Crippen LogP) is 5.24. The summed E-state index contributed by atoms with van der Waals surface area (Å²) in [6.45, 7) is 2.09. The van der Waals surface area contributed by atoms with Crippen LogP contribution in [-0.2, 0) is 6.42 Å². The van der Waals surface area contributed by atoms with Gasteiger partial charge in [-0.25, -0.2) is 9.97 Å². The largest absolute Gasteiger partial charge is 0.339 e. The number of rotatable bonds is 4. The molecule has 0 aliphatic carbocycles. The second-order valence-electron chi connectivity index (χ2n) is 3.99. The summed E-state index contributed by atoms with van der Waals surface area (Å²) in [6.07, 6.45) is 3.25. The fourth-order valence-electron chi connectivity index (χ4n) is 1.69. The first-order chi connectivity index (χ1) is 9.11. The van der Waals surface area contributed by atoms with Gasteiger partial charge in [0, 0.05) is 15.1 Å². The Morgan fingerprint density at radius 2 is 2.05 bits per heavy atom. The lowest BCUT2D eigenvalue weighted by molar-refractivity contribution is 0.904. The molecule has 0 spiro atoms. The lowest BCUT2D eigenvalue weighted by Crippen LogP contribution is -2.01. The minimum atomic E-state index is 0.490. The van der Waals surface area contributed by atoms with Crippen LogP contribution in [-0.4, -0.2) is 9.97 Å². The minimum absolute atomic E-state index is 0.490. The second-order valence-corrected chi connectivity index (χ2v) is 5.64. The zero-order valence-corrected chi connectivity index (χ0v) is 13.3. The summed E-state index contributed by atoms with van der Waals surface area (Å²) in [6, 6.07) is 5.53. The summed E-state index contributed by atoms with van der Waals surface area (Å²) in [7, 11) is 0. The van der Waals surface area contributed by atoms with Crippen LogP contribution in [0.4, 0.5) is 11.5 Å².